The summed E-state index contributed by atoms with van der Waals surface area (Å²) in [7, 11) is -3.56. The Hall–Kier alpha value is -2.32. The smallest absolute Gasteiger partial charge is 0.328 e. The molecule has 25 heavy (non-hydrogen) atoms. The Kier molecular flexibility index (Phi) is 5.54. The first-order valence-corrected chi connectivity index (χ1v) is 8.77. The summed E-state index contributed by atoms with van der Waals surface area (Å²) in [5, 5.41) is 0. The number of nitrogens with one attached hydrogen (secondary N) is 1. The van der Waals surface area contributed by atoms with Crippen molar-refractivity contribution < 1.29 is 26.7 Å². The van der Waals surface area contributed by atoms with E-state index in [4.69, 9.17) is 0 Å². The van der Waals surface area contributed by atoms with Crippen molar-refractivity contribution in [3.63, 3.8) is 0 Å². The molecule has 134 valence electrons. The van der Waals surface area contributed by atoms with Crippen molar-refractivity contribution in [2.24, 2.45) is 0 Å². The monoisotopic (exact) mass is 369 g/mol. The minimum Gasteiger partial charge on any atom is -0.468 e. The van der Waals surface area contributed by atoms with Gasteiger partial charge in [-0.1, -0.05) is 24.3 Å². The SMILES string of the molecule is COC(=O)[C@@H](NS(=O)(=O)c1c(F)cccc1F)c1c(C)cccc1C. The van der Waals surface area contributed by atoms with Crippen LogP contribution in [0.3, 0.4) is 0 Å². The number of carbonyl (C=O) groups is 1. The Labute approximate surface area is 144 Å². The minimum absolute atomic E-state index is 0.370. The minimum atomic E-state index is -4.66. The van der Waals surface area contributed by atoms with Crippen molar-refractivity contribution >= 4 is 16.0 Å². The van der Waals surface area contributed by atoms with Gasteiger partial charge in [0.25, 0.3) is 0 Å². The summed E-state index contributed by atoms with van der Waals surface area (Å²) in [6.45, 7) is 3.38. The molecule has 2 aromatic carbocycles. The Morgan fingerprint density at radius 3 is 2.00 bits per heavy atom. The van der Waals surface area contributed by atoms with Crippen molar-refractivity contribution in [2.75, 3.05) is 7.11 Å². The standard InChI is InChI=1S/C17H17F2NO4S/c1-10-6-4-7-11(2)14(10)15(17(21)24-3)20-25(22,23)16-12(18)8-5-9-13(16)19/h4-9,15,20H,1-3H3/t15-/m0/s1. The van der Waals surface area contributed by atoms with Crippen LogP contribution in [0, 0.1) is 25.5 Å². The fourth-order valence-corrected chi connectivity index (χ4v) is 3.87. The summed E-state index contributed by atoms with van der Waals surface area (Å²) in [5.41, 5.74) is 1.63. The summed E-state index contributed by atoms with van der Waals surface area (Å²) in [5.74, 6) is -3.40. The lowest BCUT2D eigenvalue weighted by molar-refractivity contribution is -0.142. The number of carbonyl (C=O) groups excluding carboxylic acids is 1. The van der Waals surface area contributed by atoms with Crippen LogP contribution >= 0.6 is 0 Å². The number of sulfonamides is 1. The molecule has 0 fully saturated rings. The van der Waals surface area contributed by atoms with E-state index in [-0.39, 0.29) is 0 Å². The Bertz CT molecular complexity index is 872. The Balaban J connectivity index is 2.57. The molecule has 1 N–H and O–H groups in total. The van der Waals surface area contributed by atoms with Gasteiger partial charge in [-0.25, -0.2) is 22.0 Å². The number of aryl methyl sites for hydroxylation is 2. The number of halogens is 2. The van der Waals surface area contributed by atoms with Crippen molar-refractivity contribution in [1.29, 1.82) is 0 Å². The molecule has 0 spiro atoms. The lowest BCUT2D eigenvalue weighted by Crippen LogP contribution is -2.36. The van der Waals surface area contributed by atoms with Gasteiger partial charge in [-0.15, -0.1) is 0 Å². The van der Waals surface area contributed by atoms with Crippen LogP contribution in [0.25, 0.3) is 0 Å². The average Bonchev–Trinajstić information content (AvgIpc) is 2.52. The second-order valence-electron chi connectivity index (χ2n) is 5.43. The number of benzene rings is 2. The molecule has 2 aromatic rings. The molecule has 2 rings (SSSR count). The summed E-state index contributed by atoms with van der Waals surface area (Å²) < 4.78 is 59.5. The molecule has 1 atom stereocenters. The fourth-order valence-electron chi connectivity index (χ4n) is 2.58. The predicted molar refractivity (Wildman–Crippen MR) is 87.4 cm³/mol. The van der Waals surface area contributed by atoms with Crippen LogP contribution in [0.2, 0.25) is 0 Å². The van der Waals surface area contributed by atoms with Crippen molar-refractivity contribution in [3.8, 4) is 0 Å². The van der Waals surface area contributed by atoms with Gasteiger partial charge in [0.2, 0.25) is 10.0 Å². The molecule has 0 aliphatic heterocycles. The van der Waals surface area contributed by atoms with Gasteiger partial charge in [-0.3, -0.25) is 0 Å². The third kappa shape index (κ3) is 3.85. The van der Waals surface area contributed by atoms with Gasteiger partial charge in [0.15, 0.2) is 4.90 Å². The van der Waals surface area contributed by atoms with Crippen LogP contribution in [0.5, 0.6) is 0 Å². The molecule has 8 heteroatoms. The first-order chi connectivity index (χ1) is 11.7. The van der Waals surface area contributed by atoms with Crippen LogP contribution < -0.4 is 4.72 Å². The largest absolute Gasteiger partial charge is 0.468 e. The molecule has 0 bridgehead atoms. The van der Waals surface area contributed by atoms with Gasteiger partial charge in [0.05, 0.1) is 7.11 Å². The number of esters is 1. The summed E-state index contributed by atoms with van der Waals surface area (Å²) in [4.78, 5) is 11.0. The lowest BCUT2D eigenvalue weighted by Gasteiger charge is -2.21. The van der Waals surface area contributed by atoms with E-state index in [1.165, 1.54) is 0 Å². The van der Waals surface area contributed by atoms with Crippen LogP contribution in [-0.2, 0) is 19.6 Å². The average molecular weight is 369 g/mol. The zero-order valence-corrected chi connectivity index (χ0v) is 14.7. The van der Waals surface area contributed by atoms with Gasteiger partial charge >= 0.3 is 5.97 Å². The summed E-state index contributed by atoms with van der Waals surface area (Å²) >= 11 is 0. The molecule has 0 aromatic heterocycles. The first-order valence-electron chi connectivity index (χ1n) is 7.29. The van der Waals surface area contributed by atoms with Crippen LogP contribution in [0.15, 0.2) is 41.3 Å². The Morgan fingerprint density at radius 1 is 1.04 bits per heavy atom. The topological polar surface area (TPSA) is 72.5 Å². The third-order valence-corrected chi connectivity index (χ3v) is 5.20. The molecule has 5 nitrogen and oxygen atoms in total. The van der Waals surface area contributed by atoms with Crippen LogP contribution in [0.4, 0.5) is 8.78 Å². The van der Waals surface area contributed by atoms with E-state index in [9.17, 15) is 22.0 Å². The number of ether oxygens (including phenoxy) is 1. The molecule has 0 radical (unpaired) electrons. The quantitative estimate of drug-likeness (QED) is 0.823. The zero-order valence-electron chi connectivity index (χ0n) is 13.8. The lowest BCUT2D eigenvalue weighted by atomic mass is 9.97. The molecule has 0 unspecified atom stereocenters. The molecule has 0 saturated carbocycles. The van der Waals surface area contributed by atoms with E-state index >= 15 is 0 Å². The van der Waals surface area contributed by atoms with Gasteiger partial charge in [0.1, 0.15) is 17.7 Å². The zero-order chi connectivity index (χ0) is 18.8. The predicted octanol–water partition coefficient (Wildman–Crippen LogP) is 2.77. The van der Waals surface area contributed by atoms with Gasteiger partial charge in [0, 0.05) is 0 Å². The van der Waals surface area contributed by atoms with Crippen LogP contribution in [0.1, 0.15) is 22.7 Å². The van der Waals surface area contributed by atoms with E-state index in [1.807, 2.05) is 0 Å². The molecule has 0 amide bonds. The van der Waals surface area contributed by atoms with Crippen LogP contribution in [-0.4, -0.2) is 21.5 Å². The molecule has 0 aliphatic carbocycles. The van der Waals surface area contributed by atoms with Gasteiger partial charge < -0.3 is 4.74 Å². The summed E-state index contributed by atoms with van der Waals surface area (Å²) in [6, 6.07) is 6.39. The van der Waals surface area contributed by atoms with E-state index < -0.39 is 38.6 Å². The highest BCUT2D eigenvalue weighted by Crippen LogP contribution is 2.26. The highest BCUT2D eigenvalue weighted by Gasteiger charge is 2.33. The van der Waals surface area contributed by atoms with E-state index in [2.05, 4.69) is 9.46 Å². The van der Waals surface area contributed by atoms with E-state index in [0.29, 0.717) is 16.7 Å². The van der Waals surface area contributed by atoms with E-state index in [1.54, 1.807) is 32.0 Å². The number of rotatable bonds is 5. The third-order valence-electron chi connectivity index (χ3n) is 3.73. The second kappa shape index (κ2) is 7.28. The van der Waals surface area contributed by atoms with E-state index in [0.717, 1.165) is 25.3 Å². The fraction of sp³-hybridized carbons (Fsp3) is 0.235. The summed E-state index contributed by atoms with van der Waals surface area (Å²) in [6.07, 6.45) is 0. The Morgan fingerprint density at radius 2 is 1.52 bits per heavy atom. The highest BCUT2D eigenvalue weighted by atomic mass is 32.2. The second-order valence-corrected chi connectivity index (χ2v) is 7.08. The molecule has 0 saturated heterocycles. The van der Waals surface area contributed by atoms with Crippen molar-refractivity contribution in [1.82, 2.24) is 4.72 Å². The highest BCUT2D eigenvalue weighted by molar-refractivity contribution is 7.89. The molecular formula is C17H17F2NO4S. The maximum atomic E-state index is 13.9. The number of hydrogen-bond acceptors (Lipinski definition) is 4. The van der Waals surface area contributed by atoms with Gasteiger partial charge in [-0.2, -0.15) is 4.72 Å². The normalized spacial score (nSPS) is 12.7. The molecule has 0 aliphatic rings. The maximum Gasteiger partial charge on any atom is 0.328 e. The first kappa shape index (κ1) is 19.0. The number of methoxy groups -OCH3 is 1. The van der Waals surface area contributed by atoms with Crippen molar-refractivity contribution in [2.45, 2.75) is 24.8 Å². The van der Waals surface area contributed by atoms with Gasteiger partial charge in [-0.05, 0) is 42.7 Å². The number of hydrogen-bond donors (Lipinski definition) is 1. The van der Waals surface area contributed by atoms with Crippen molar-refractivity contribution in [3.05, 3.63) is 64.7 Å². The maximum absolute atomic E-state index is 13.9. The molecule has 0 heterocycles. The molecular weight excluding hydrogens is 352 g/mol.